The van der Waals surface area contributed by atoms with Gasteiger partial charge in [0.05, 0.1) is 6.61 Å². The quantitative estimate of drug-likeness (QED) is 0.314. The average molecular weight is 192 g/mol. The number of ether oxygens (including phenoxy) is 1. The van der Waals surface area contributed by atoms with Gasteiger partial charge in [0.15, 0.2) is 0 Å². The van der Waals surface area contributed by atoms with Crippen LogP contribution in [0.4, 0.5) is 12.9 Å². The Morgan fingerprint density at radius 3 is 2.27 bits per heavy atom. The summed E-state index contributed by atoms with van der Waals surface area (Å²) in [5, 5.41) is 0. The molecule has 0 heterocycles. The number of halogens is 3. The first-order chi connectivity index (χ1) is 4.56. The Kier molecular flexibility index (Phi) is 10.5. The third-order valence-corrected chi connectivity index (χ3v) is 0.757. The van der Waals surface area contributed by atoms with Crippen molar-refractivity contribution in [1.29, 1.82) is 0 Å². The predicted molar refractivity (Wildman–Crippen MR) is 34.7 cm³/mol. The number of hydrogen-bond acceptors (Lipinski definition) is 1. The van der Waals surface area contributed by atoms with Crippen molar-refractivity contribution in [3.8, 4) is 0 Å². The van der Waals surface area contributed by atoms with E-state index in [0.717, 1.165) is 0 Å². The van der Waals surface area contributed by atoms with Crippen LogP contribution in [0.15, 0.2) is 12.2 Å². The molecule has 0 aromatic carbocycles. The SMILES string of the molecule is CC=CCOC[B-](F)(F)F.[K+]. The van der Waals surface area contributed by atoms with Gasteiger partial charge < -0.3 is 17.7 Å². The van der Waals surface area contributed by atoms with Crippen molar-refractivity contribution in [1.82, 2.24) is 0 Å². The zero-order valence-electron chi connectivity index (χ0n) is 6.69. The Bertz CT molecular complexity index is 115. The van der Waals surface area contributed by atoms with Crippen molar-refractivity contribution in [2.45, 2.75) is 6.92 Å². The Labute approximate surface area is 107 Å². The summed E-state index contributed by atoms with van der Waals surface area (Å²) < 4.78 is 38.4. The average Bonchev–Trinajstić information content (AvgIpc) is 1.78. The fourth-order valence-corrected chi connectivity index (χ4v) is 0.366. The maximum absolute atomic E-state index is 11.4. The molecule has 60 valence electrons. The fraction of sp³-hybridized carbons (Fsp3) is 0.600. The molecule has 0 saturated carbocycles. The molecule has 0 aromatic heterocycles. The first kappa shape index (κ1) is 14.7. The second kappa shape index (κ2) is 7.82. The Morgan fingerprint density at radius 2 is 1.91 bits per heavy atom. The van der Waals surface area contributed by atoms with Crippen molar-refractivity contribution in [2.24, 2.45) is 0 Å². The molecular formula is C5H9BF3KO. The van der Waals surface area contributed by atoms with E-state index in [1.807, 2.05) is 0 Å². The van der Waals surface area contributed by atoms with Crippen molar-refractivity contribution in [3.63, 3.8) is 0 Å². The molecule has 0 atom stereocenters. The largest absolute Gasteiger partial charge is 1.00 e. The first-order valence-electron chi connectivity index (χ1n) is 2.96. The summed E-state index contributed by atoms with van der Waals surface area (Å²) in [7, 11) is 0. The van der Waals surface area contributed by atoms with Crippen LogP contribution >= 0.6 is 0 Å². The van der Waals surface area contributed by atoms with Gasteiger partial charge in [0.25, 0.3) is 0 Å². The molecule has 0 saturated heterocycles. The maximum atomic E-state index is 11.4. The molecule has 0 radical (unpaired) electrons. The number of allylic oxidation sites excluding steroid dienone is 1. The van der Waals surface area contributed by atoms with Crippen LogP contribution in [0.3, 0.4) is 0 Å². The zero-order chi connectivity index (χ0) is 8.04. The van der Waals surface area contributed by atoms with E-state index in [1.54, 1.807) is 13.0 Å². The van der Waals surface area contributed by atoms with Crippen LogP contribution in [0.2, 0.25) is 0 Å². The summed E-state index contributed by atoms with van der Waals surface area (Å²) in [6.07, 6.45) is 3.17. The molecule has 0 fully saturated rings. The molecule has 0 aliphatic carbocycles. The van der Waals surface area contributed by atoms with Crippen molar-refractivity contribution >= 4 is 6.98 Å². The molecule has 0 aliphatic rings. The van der Waals surface area contributed by atoms with E-state index < -0.39 is 13.5 Å². The topological polar surface area (TPSA) is 9.23 Å². The third-order valence-electron chi connectivity index (χ3n) is 0.757. The molecule has 0 aliphatic heterocycles. The smallest absolute Gasteiger partial charge is 0.447 e. The second-order valence-corrected chi connectivity index (χ2v) is 1.82. The minimum absolute atomic E-state index is 0. The number of rotatable bonds is 4. The second-order valence-electron chi connectivity index (χ2n) is 1.82. The Morgan fingerprint density at radius 1 is 1.36 bits per heavy atom. The van der Waals surface area contributed by atoms with E-state index in [-0.39, 0.29) is 58.0 Å². The summed E-state index contributed by atoms with van der Waals surface area (Å²) in [4.78, 5) is 0. The predicted octanol–water partition coefficient (Wildman–Crippen LogP) is -1.03. The number of hydrogen-bond donors (Lipinski definition) is 0. The van der Waals surface area contributed by atoms with Gasteiger partial charge in [-0.15, -0.1) is 0 Å². The minimum Gasteiger partial charge on any atom is -0.447 e. The van der Waals surface area contributed by atoms with Crippen LogP contribution in [-0.4, -0.2) is 20.1 Å². The summed E-state index contributed by atoms with van der Waals surface area (Å²) in [5.74, 6) is 0. The van der Waals surface area contributed by atoms with Crippen LogP contribution < -0.4 is 51.4 Å². The van der Waals surface area contributed by atoms with Crippen LogP contribution in [0.1, 0.15) is 6.92 Å². The molecule has 0 amide bonds. The summed E-state index contributed by atoms with van der Waals surface area (Å²) >= 11 is 0. The van der Waals surface area contributed by atoms with E-state index in [0.29, 0.717) is 0 Å². The van der Waals surface area contributed by atoms with Gasteiger partial charge in [0.2, 0.25) is 0 Å². The van der Waals surface area contributed by atoms with Gasteiger partial charge in [-0.25, -0.2) is 0 Å². The third kappa shape index (κ3) is 14.1. The molecular weight excluding hydrogens is 183 g/mol. The molecule has 1 nitrogen and oxygen atoms in total. The van der Waals surface area contributed by atoms with Crippen LogP contribution in [0.5, 0.6) is 0 Å². The van der Waals surface area contributed by atoms with E-state index >= 15 is 0 Å². The molecule has 0 N–H and O–H groups in total. The summed E-state index contributed by atoms with van der Waals surface area (Å²) in [6.45, 7) is -4.12. The molecule has 0 unspecified atom stereocenters. The minimum atomic E-state index is -4.77. The van der Waals surface area contributed by atoms with E-state index in [1.165, 1.54) is 6.08 Å². The standard InChI is InChI=1S/C5H9BF3O.K/c1-2-3-4-10-5-6(7,8)9;/h2-3H,4-5H2,1H3;/q-1;+1. The Hall–Kier alpha value is 1.19. The van der Waals surface area contributed by atoms with Gasteiger partial charge in [-0.1, -0.05) is 12.2 Å². The molecule has 0 rings (SSSR count). The monoisotopic (exact) mass is 192 g/mol. The van der Waals surface area contributed by atoms with Crippen LogP contribution in [-0.2, 0) is 4.74 Å². The summed E-state index contributed by atoms with van der Waals surface area (Å²) in [5.41, 5.74) is 0. The molecule has 6 heteroatoms. The maximum Gasteiger partial charge on any atom is 1.00 e. The fourth-order valence-electron chi connectivity index (χ4n) is 0.366. The van der Waals surface area contributed by atoms with Gasteiger partial charge >= 0.3 is 58.4 Å². The van der Waals surface area contributed by atoms with E-state index in [4.69, 9.17) is 0 Å². The van der Waals surface area contributed by atoms with Crippen molar-refractivity contribution in [3.05, 3.63) is 12.2 Å². The zero-order valence-corrected chi connectivity index (χ0v) is 9.81. The summed E-state index contributed by atoms with van der Waals surface area (Å²) in [6, 6.07) is 0. The van der Waals surface area contributed by atoms with Crippen LogP contribution in [0, 0.1) is 0 Å². The van der Waals surface area contributed by atoms with Crippen LogP contribution in [0.25, 0.3) is 0 Å². The molecule has 11 heavy (non-hydrogen) atoms. The van der Waals surface area contributed by atoms with Gasteiger partial charge in [-0.05, 0) is 6.92 Å². The van der Waals surface area contributed by atoms with Gasteiger partial charge in [-0.2, -0.15) is 0 Å². The first-order valence-corrected chi connectivity index (χ1v) is 2.96. The van der Waals surface area contributed by atoms with Gasteiger partial charge in [0, 0.05) is 6.51 Å². The molecule has 0 aromatic rings. The van der Waals surface area contributed by atoms with Gasteiger partial charge in [0.1, 0.15) is 0 Å². The van der Waals surface area contributed by atoms with Crippen molar-refractivity contribution in [2.75, 3.05) is 13.1 Å². The molecule has 0 spiro atoms. The normalized spacial score (nSPS) is 11.6. The van der Waals surface area contributed by atoms with Gasteiger partial charge in [-0.3, -0.25) is 0 Å². The van der Waals surface area contributed by atoms with Crippen molar-refractivity contribution < 1.29 is 69.1 Å². The van der Waals surface area contributed by atoms with E-state index in [9.17, 15) is 12.9 Å². The van der Waals surface area contributed by atoms with E-state index in [2.05, 4.69) is 4.74 Å². The molecule has 0 bridgehead atoms. The Balaban J connectivity index is 0.